The lowest BCUT2D eigenvalue weighted by atomic mass is 9.97. The summed E-state index contributed by atoms with van der Waals surface area (Å²) in [5, 5.41) is 2.72. The van der Waals surface area contributed by atoms with Gasteiger partial charge in [-0.25, -0.2) is 4.39 Å². The van der Waals surface area contributed by atoms with E-state index in [1.165, 1.54) is 12.1 Å². The fourth-order valence-electron chi connectivity index (χ4n) is 3.07. The molecule has 1 saturated heterocycles. The van der Waals surface area contributed by atoms with Gasteiger partial charge in [0.1, 0.15) is 17.7 Å². The van der Waals surface area contributed by atoms with Crippen LogP contribution >= 0.6 is 11.6 Å². The van der Waals surface area contributed by atoms with Crippen LogP contribution in [0.15, 0.2) is 36.4 Å². The molecule has 1 aliphatic heterocycles. The number of carbonyl (C=O) groups is 1. The number of pyridine rings is 1. The van der Waals surface area contributed by atoms with Crippen molar-refractivity contribution >= 4 is 23.3 Å². The number of nitrogens with zero attached hydrogens (tertiary/aromatic N) is 2. The number of likely N-dealkylation sites (tertiary alicyclic amines) is 1. The first-order chi connectivity index (χ1) is 12.4. The Morgan fingerprint density at radius 2 is 2.19 bits per heavy atom. The summed E-state index contributed by atoms with van der Waals surface area (Å²) >= 11 is 5.93. The maximum atomic E-state index is 13.1. The number of hydrogen-bond donors (Lipinski definition) is 1. The monoisotopic (exact) mass is 377 g/mol. The second kappa shape index (κ2) is 8.01. The normalized spacial score (nSPS) is 20.6. The number of benzene rings is 1. The lowest BCUT2D eigenvalue weighted by Gasteiger charge is -2.34. The van der Waals surface area contributed by atoms with E-state index in [0.717, 1.165) is 25.6 Å². The first kappa shape index (κ1) is 18.6. The van der Waals surface area contributed by atoms with E-state index >= 15 is 0 Å². The molecule has 0 bridgehead atoms. The highest BCUT2D eigenvalue weighted by Crippen LogP contribution is 2.23. The molecule has 0 saturated carbocycles. The molecule has 1 aromatic heterocycles. The van der Waals surface area contributed by atoms with E-state index in [9.17, 15) is 9.18 Å². The number of ether oxygens (including phenoxy) is 1. The van der Waals surface area contributed by atoms with Gasteiger partial charge in [0.05, 0.1) is 10.6 Å². The molecule has 2 atom stereocenters. The maximum Gasteiger partial charge on any atom is 0.258 e. The minimum atomic E-state index is -0.493. The van der Waals surface area contributed by atoms with Crippen molar-refractivity contribution in [2.45, 2.75) is 19.4 Å². The van der Waals surface area contributed by atoms with Gasteiger partial charge in [0, 0.05) is 25.1 Å². The third-order valence-electron chi connectivity index (χ3n) is 4.44. The van der Waals surface area contributed by atoms with Crippen LogP contribution in [0.4, 0.5) is 10.2 Å². The van der Waals surface area contributed by atoms with Crippen LogP contribution in [0.1, 0.15) is 23.7 Å². The van der Waals surface area contributed by atoms with Gasteiger partial charge in [0.25, 0.3) is 5.91 Å². The topological polar surface area (TPSA) is 54.5 Å². The van der Waals surface area contributed by atoms with Crippen molar-refractivity contribution in [1.29, 1.82) is 0 Å². The summed E-state index contributed by atoms with van der Waals surface area (Å²) in [6.07, 6.45) is 1.03. The van der Waals surface area contributed by atoms with E-state index < -0.39 is 11.7 Å². The molecule has 138 valence electrons. The summed E-state index contributed by atoms with van der Waals surface area (Å²) < 4.78 is 19.1. The Morgan fingerprint density at radius 3 is 2.92 bits per heavy atom. The van der Waals surface area contributed by atoms with E-state index in [1.54, 1.807) is 18.2 Å². The molecule has 26 heavy (non-hydrogen) atoms. The molecule has 0 unspecified atom stereocenters. The Bertz CT molecular complexity index is 802. The Labute approximate surface area is 157 Å². The number of halogens is 2. The fraction of sp³-hybridized carbons (Fsp3) is 0.368. The molecule has 5 nitrogen and oxygen atoms in total. The molecule has 1 aromatic carbocycles. The summed E-state index contributed by atoms with van der Waals surface area (Å²) in [5.74, 6) is 0.273. The van der Waals surface area contributed by atoms with Crippen molar-refractivity contribution in [2.75, 3.05) is 25.5 Å². The SMILES string of the molecule is C[C@@H]1CN(C)CC[C@H]1Oc1cccc(NC(=O)c2ccc(F)cc2Cl)n1. The lowest BCUT2D eigenvalue weighted by Crippen LogP contribution is -2.42. The zero-order chi connectivity index (χ0) is 18.7. The van der Waals surface area contributed by atoms with Crippen LogP contribution in [0.3, 0.4) is 0 Å². The average molecular weight is 378 g/mol. The predicted molar refractivity (Wildman–Crippen MR) is 99.3 cm³/mol. The third kappa shape index (κ3) is 4.51. The summed E-state index contributed by atoms with van der Waals surface area (Å²) in [4.78, 5) is 19.0. The molecule has 7 heteroatoms. The molecule has 1 N–H and O–H groups in total. The van der Waals surface area contributed by atoms with Gasteiger partial charge in [0.15, 0.2) is 0 Å². The zero-order valence-electron chi connectivity index (χ0n) is 14.7. The number of carbonyl (C=O) groups excluding carboxylic acids is 1. The molecule has 3 rings (SSSR count). The number of hydrogen-bond acceptors (Lipinski definition) is 4. The van der Waals surface area contributed by atoms with Crippen molar-refractivity contribution < 1.29 is 13.9 Å². The van der Waals surface area contributed by atoms with Gasteiger partial charge in [-0.1, -0.05) is 24.6 Å². The van der Waals surface area contributed by atoms with Crippen LogP contribution in [-0.4, -0.2) is 42.0 Å². The average Bonchev–Trinajstić information content (AvgIpc) is 2.57. The largest absolute Gasteiger partial charge is 0.474 e. The second-order valence-electron chi connectivity index (χ2n) is 6.62. The number of piperidine rings is 1. The standard InChI is InChI=1S/C19H21ClFN3O2/c1-12-11-24(2)9-8-16(12)26-18-5-3-4-17(22-18)23-19(25)14-7-6-13(21)10-15(14)20/h3-7,10,12,16H,8-9,11H2,1-2H3,(H,22,23,25)/t12-,16-/m1/s1. The minimum absolute atomic E-state index is 0.0510. The number of nitrogens with one attached hydrogen (secondary N) is 1. The molecule has 1 fully saturated rings. The molecule has 1 amide bonds. The molecule has 0 spiro atoms. The van der Waals surface area contributed by atoms with Gasteiger partial charge >= 0.3 is 0 Å². The van der Waals surface area contributed by atoms with Gasteiger partial charge in [-0.2, -0.15) is 4.98 Å². The Hall–Kier alpha value is -2.18. The van der Waals surface area contributed by atoms with Gasteiger partial charge in [-0.15, -0.1) is 0 Å². The smallest absolute Gasteiger partial charge is 0.258 e. The number of rotatable bonds is 4. The first-order valence-corrected chi connectivity index (χ1v) is 8.89. The van der Waals surface area contributed by atoms with Crippen molar-refractivity contribution in [3.63, 3.8) is 0 Å². The van der Waals surface area contributed by atoms with Crippen LogP contribution < -0.4 is 10.1 Å². The minimum Gasteiger partial charge on any atom is -0.474 e. The van der Waals surface area contributed by atoms with Crippen molar-refractivity contribution in [3.8, 4) is 5.88 Å². The quantitative estimate of drug-likeness (QED) is 0.879. The lowest BCUT2D eigenvalue weighted by molar-refractivity contribution is 0.0606. The summed E-state index contributed by atoms with van der Waals surface area (Å²) in [6, 6.07) is 8.84. The molecule has 1 aliphatic rings. The molecular weight excluding hydrogens is 357 g/mol. The van der Waals surface area contributed by atoms with Crippen molar-refractivity contribution in [1.82, 2.24) is 9.88 Å². The van der Waals surface area contributed by atoms with Gasteiger partial charge in [-0.05, 0) is 37.7 Å². The third-order valence-corrected chi connectivity index (χ3v) is 4.76. The Morgan fingerprint density at radius 1 is 1.38 bits per heavy atom. The first-order valence-electron chi connectivity index (χ1n) is 8.51. The van der Waals surface area contributed by atoms with Crippen LogP contribution in [0.2, 0.25) is 5.02 Å². The van der Waals surface area contributed by atoms with Gasteiger partial charge < -0.3 is 15.0 Å². The summed E-state index contributed by atoms with van der Waals surface area (Å²) in [5.41, 5.74) is 0.185. The van der Waals surface area contributed by atoms with Crippen molar-refractivity contribution in [2.24, 2.45) is 5.92 Å². The highest BCUT2D eigenvalue weighted by molar-refractivity contribution is 6.34. The van der Waals surface area contributed by atoms with E-state index in [-0.39, 0.29) is 16.7 Å². The van der Waals surface area contributed by atoms with Gasteiger partial charge in [0.2, 0.25) is 5.88 Å². The molecular formula is C19H21ClFN3O2. The van der Waals surface area contributed by atoms with E-state index in [0.29, 0.717) is 17.6 Å². The van der Waals surface area contributed by atoms with E-state index in [1.807, 2.05) is 0 Å². The molecule has 2 heterocycles. The van der Waals surface area contributed by atoms with Crippen LogP contribution in [0.25, 0.3) is 0 Å². The van der Waals surface area contributed by atoms with Crippen LogP contribution in [0, 0.1) is 11.7 Å². The zero-order valence-corrected chi connectivity index (χ0v) is 15.5. The van der Waals surface area contributed by atoms with Crippen LogP contribution in [-0.2, 0) is 0 Å². The fourth-order valence-corrected chi connectivity index (χ4v) is 3.32. The van der Waals surface area contributed by atoms with E-state index in [4.69, 9.17) is 16.3 Å². The number of amides is 1. The van der Waals surface area contributed by atoms with E-state index in [2.05, 4.69) is 29.2 Å². The summed E-state index contributed by atoms with van der Waals surface area (Å²) in [7, 11) is 2.10. The maximum absolute atomic E-state index is 13.1. The predicted octanol–water partition coefficient (Wildman–Crippen LogP) is 3.85. The molecule has 2 aromatic rings. The number of aromatic nitrogens is 1. The highest BCUT2D eigenvalue weighted by Gasteiger charge is 2.26. The number of anilines is 1. The Kier molecular flexibility index (Phi) is 5.74. The van der Waals surface area contributed by atoms with Gasteiger partial charge in [-0.3, -0.25) is 4.79 Å². The van der Waals surface area contributed by atoms with Crippen molar-refractivity contribution in [3.05, 3.63) is 52.8 Å². The highest BCUT2D eigenvalue weighted by atomic mass is 35.5. The summed E-state index contributed by atoms with van der Waals surface area (Å²) in [6.45, 7) is 4.11. The molecule has 0 radical (unpaired) electrons. The molecule has 0 aliphatic carbocycles. The Balaban J connectivity index is 1.68. The van der Waals surface area contributed by atoms with Crippen LogP contribution in [0.5, 0.6) is 5.88 Å². The second-order valence-corrected chi connectivity index (χ2v) is 7.03.